The number of hydrogen-bond acceptors (Lipinski definition) is 2. The van der Waals surface area contributed by atoms with Gasteiger partial charge >= 0.3 is 0 Å². The standard InChI is InChI=1S/C20H30O2/c1-4-5-6-7-8-16-15(13-21)9-10-18-17(16)11-12-19(22)20(18)14(2)3/h11-16,22H,4-10H2,1-3H3. The molecule has 1 aliphatic rings. The average Bonchev–Trinajstić information content (AvgIpc) is 2.50. The van der Waals surface area contributed by atoms with E-state index in [1.54, 1.807) is 0 Å². The summed E-state index contributed by atoms with van der Waals surface area (Å²) in [5.74, 6) is 1.24. The highest BCUT2D eigenvalue weighted by atomic mass is 16.3. The molecule has 0 bridgehead atoms. The van der Waals surface area contributed by atoms with E-state index in [0.717, 1.165) is 31.1 Å². The quantitative estimate of drug-likeness (QED) is 0.546. The summed E-state index contributed by atoms with van der Waals surface area (Å²) in [5.41, 5.74) is 3.73. The fourth-order valence-corrected chi connectivity index (χ4v) is 4.01. The molecule has 2 heteroatoms. The number of phenolic OH excluding ortho intramolecular Hbond substituents is 1. The molecule has 1 aromatic rings. The lowest BCUT2D eigenvalue weighted by Gasteiger charge is -2.33. The Morgan fingerprint density at radius 2 is 2.05 bits per heavy atom. The highest BCUT2D eigenvalue weighted by Gasteiger charge is 2.31. The first-order valence-electron chi connectivity index (χ1n) is 8.90. The van der Waals surface area contributed by atoms with Gasteiger partial charge in [-0.15, -0.1) is 0 Å². The summed E-state index contributed by atoms with van der Waals surface area (Å²) in [6.45, 7) is 6.50. The zero-order valence-corrected chi connectivity index (χ0v) is 14.3. The molecule has 1 aromatic carbocycles. The van der Waals surface area contributed by atoms with Crippen LogP contribution in [-0.2, 0) is 11.2 Å². The smallest absolute Gasteiger partial charge is 0.123 e. The van der Waals surface area contributed by atoms with Gasteiger partial charge in [0.15, 0.2) is 0 Å². The third-order valence-electron chi connectivity index (χ3n) is 5.14. The van der Waals surface area contributed by atoms with Crippen molar-refractivity contribution >= 4 is 6.29 Å². The highest BCUT2D eigenvalue weighted by molar-refractivity contribution is 5.59. The molecule has 0 radical (unpaired) electrons. The number of aromatic hydroxyl groups is 1. The van der Waals surface area contributed by atoms with Gasteiger partial charge in [-0.1, -0.05) is 52.5 Å². The molecule has 2 rings (SSSR count). The minimum Gasteiger partial charge on any atom is -0.508 e. The first kappa shape index (κ1) is 17.1. The second kappa shape index (κ2) is 7.80. The highest BCUT2D eigenvalue weighted by Crippen LogP contribution is 2.43. The molecule has 0 amide bonds. The van der Waals surface area contributed by atoms with Crippen LogP contribution in [0.2, 0.25) is 0 Å². The number of rotatable bonds is 7. The zero-order valence-electron chi connectivity index (χ0n) is 14.3. The van der Waals surface area contributed by atoms with Crippen LogP contribution in [0.15, 0.2) is 12.1 Å². The van der Waals surface area contributed by atoms with Crippen molar-refractivity contribution in [3.05, 3.63) is 28.8 Å². The topological polar surface area (TPSA) is 37.3 Å². The summed E-state index contributed by atoms with van der Waals surface area (Å²) >= 11 is 0. The Kier molecular flexibility index (Phi) is 6.05. The number of unbranched alkanes of at least 4 members (excludes halogenated alkanes) is 3. The summed E-state index contributed by atoms with van der Waals surface area (Å²) in [6.07, 6.45) is 9.07. The van der Waals surface area contributed by atoms with Crippen molar-refractivity contribution in [3.8, 4) is 5.75 Å². The lowest BCUT2D eigenvalue weighted by molar-refractivity contribution is -0.112. The van der Waals surface area contributed by atoms with Crippen LogP contribution in [0.5, 0.6) is 5.75 Å². The van der Waals surface area contributed by atoms with Crippen LogP contribution in [0.1, 0.15) is 87.8 Å². The minimum atomic E-state index is 0.152. The maximum atomic E-state index is 11.5. The van der Waals surface area contributed by atoms with Gasteiger partial charge in [0.25, 0.3) is 0 Å². The van der Waals surface area contributed by atoms with E-state index in [4.69, 9.17) is 0 Å². The summed E-state index contributed by atoms with van der Waals surface area (Å²) < 4.78 is 0. The van der Waals surface area contributed by atoms with Gasteiger partial charge in [-0.25, -0.2) is 0 Å². The zero-order chi connectivity index (χ0) is 16.1. The van der Waals surface area contributed by atoms with Gasteiger partial charge in [-0.05, 0) is 53.9 Å². The largest absolute Gasteiger partial charge is 0.508 e. The van der Waals surface area contributed by atoms with Crippen LogP contribution in [-0.4, -0.2) is 11.4 Å². The molecule has 2 atom stereocenters. The fourth-order valence-electron chi connectivity index (χ4n) is 4.01. The van der Waals surface area contributed by atoms with Crippen molar-refractivity contribution in [1.82, 2.24) is 0 Å². The van der Waals surface area contributed by atoms with Crippen LogP contribution in [0.3, 0.4) is 0 Å². The van der Waals surface area contributed by atoms with Crippen LogP contribution < -0.4 is 0 Å². The van der Waals surface area contributed by atoms with E-state index >= 15 is 0 Å². The molecule has 0 aromatic heterocycles. The molecule has 0 saturated carbocycles. The number of aldehydes is 1. The Morgan fingerprint density at radius 1 is 1.27 bits per heavy atom. The van der Waals surface area contributed by atoms with Gasteiger partial charge in [0, 0.05) is 5.92 Å². The van der Waals surface area contributed by atoms with Gasteiger partial charge in [-0.2, -0.15) is 0 Å². The number of phenols is 1. The Labute approximate surface area is 134 Å². The molecule has 0 heterocycles. The van der Waals surface area contributed by atoms with E-state index in [9.17, 15) is 9.90 Å². The Balaban J connectivity index is 2.29. The van der Waals surface area contributed by atoms with E-state index < -0.39 is 0 Å². The number of carbonyl (C=O) groups excluding carboxylic acids is 1. The van der Waals surface area contributed by atoms with Gasteiger partial charge < -0.3 is 9.90 Å². The van der Waals surface area contributed by atoms with Crippen molar-refractivity contribution < 1.29 is 9.90 Å². The van der Waals surface area contributed by atoms with Crippen LogP contribution in [0, 0.1) is 5.92 Å². The maximum absolute atomic E-state index is 11.5. The predicted octanol–water partition coefficient (Wildman–Crippen LogP) is 5.33. The normalized spacial score (nSPS) is 20.9. The number of benzene rings is 1. The third kappa shape index (κ3) is 3.53. The molecule has 22 heavy (non-hydrogen) atoms. The van der Waals surface area contributed by atoms with Crippen molar-refractivity contribution in [2.45, 2.75) is 77.6 Å². The summed E-state index contributed by atoms with van der Waals surface area (Å²) in [6, 6.07) is 3.90. The molecule has 1 aliphatic carbocycles. The van der Waals surface area contributed by atoms with E-state index in [2.05, 4.69) is 26.8 Å². The van der Waals surface area contributed by atoms with E-state index in [1.165, 1.54) is 36.8 Å². The first-order chi connectivity index (χ1) is 10.6. The lowest BCUT2D eigenvalue weighted by atomic mass is 9.71. The van der Waals surface area contributed by atoms with Crippen molar-refractivity contribution in [3.63, 3.8) is 0 Å². The fraction of sp³-hybridized carbons (Fsp3) is 0.650. The molecule has 122 valence electrons. The van der Waals surface area contributed by atoms with Gasteiger partial charge in [0.05, 0.1) is 0 Å². The maximum Gasteiger partial charge on any atom is 0.123 e. The van der Waals surface area contributed by atoms with Crippen molar-refractivity contribution in [1.29, 1.82) is 0 Å². The van der Waals surface area contributed by atoms with Gasteiger partial charge in [0.1, 0.15) is 12.0 Å². The number of hydrogen-bond donors (Lipinski definition) is 1. The molecule has 0 saturated heterocycles. The Hall–Kier alpha value is -1.31. The van der Waals surface area contributed by atoms with Crippen molar-refractivity contribution in [2.24, 2.45) is 5.92 Å². The van der Waals surface area contributed by atoms with Gasteiger partial charge in [0.2, 0.25) is 0 Å². The molecule has 0 spiro atoms. The molecule has 2 unspecified atom stereocenters. The Morgan fingerprint density at radius 3 is 2.68 bits per heavy atom. The Bertz CT molecular complexity index is 505. The molecule has 2 nitrogen and oxygen atoms in total. The van der Waals surface area contributed by atoms with E-state index in [0.29, 0.717) is 17.6 Å². The lowest BCUT2D eigenvalue weighted by Crippen LogP contribution is -2.23. The number of fused-ring (bicyclic) bond motifs is 1. The average molecular weight is 302 g/mol. The minimum absolute atomic E-state index is 0.152. The van der Waals surface area contributed by atoms with Crippen LogP contribution >= 0.6 is 0 Å². The summed E-state index contributed by atoms with van der Waals surface area (Å²) in [4.78, 5) is 11.5. The summed E-state index contributed by atoms with van der Waals surface area (Å²) in [7, 11) is 0. The molecule has 0 aliphatic heterocycles. The predicted molar refractivity (Wildman–Crippen MR) is 91.6 cm³/mol. The van der Waals surface area contributed by atoms with Crippen LogP contribution in [0.4, 0.5) is 0 Å². The molecule has 1 N–H and O–H groups in total. The SMILES string of the molecule is CCCCCCC1c2ccc(O)c(C(C)C)c2CCC1C=O. The third-order valence-corrected chi connectivity index (χ3v) is 5.14. The van der Waals surface area contributed by atoms with E-state index in [-0.39, 0.29) is 5.92 Å². The second-order valence-electron chi connectivity index (χ2n) is 7.02. The molecular formula is C20H30O2. The van der Waals surface area contributed by atoms with Crippen molar-refractivity contribution in [2.75, 3.05) is 0 Å². The van der Waals surface area contributed by atoms with Gasteiger partial charge in [-0.3, -0.25) is 0 Å². The summed E-state index contributed by atoms with van der Waals surface area (Å²) in [5, 5.41) is 10.2. The second-order valence-corrected chi connectivity index (χ2v) is 7.02. The monoisotopic (exact) mass is 302 g/mol. The van der Waals surface area contributed by atoms with E-state index in [1.807, 2.05) is 6.07 Å². The van der Waals surface area contributed by atoms with Crippen LogP contribution in [0.25, 0.3) is 0 Å². The molecular weight excluding hydrogens is 272 g/mol. The molecule has 0 fully saturated rings. The number of carbonyl (C=O) groups is 1. The first-order valence-corrected chi connectivity index (χ1v) is 8.90.